The molecule has 2 aliphatic heterocycles. The van der Waals surface area contributed by atoms with Gasteiger partial charge in [0.1, 0.15) is 0 Å². The van der Waals surface area contributed by atoms with Crippen molar-refractivity contribution in [2.24, 2.45) is 5.92 Å². The Kier molecular flexibility index (Phi) is 3.45. The van der Waals surface area contributed by atoms with Crippen LogP contribution in [0.4, 0.5) is 0 Å². The summed E-state index contributed by atoms with van der Waals surface area (Å²) in [6, 6.07) is 0. The van der Waals surface area contributed by atoms with Crippen LogP contribution in [0.5, 0.6) is 0 Å². The number of rotatable bonds is 3. The zero-order chi connectivity index (χ0) is 9.86. The van der Waals surface area contributed by atoms with Gasteiger partial charge in [0.2, 0.25) is 0 Å². The zero-order valence-electron chi connectivity index (χ0n) is 9.35. The minimum atomic E-state index is 0.440. The molecule has 0 saturated carbocycles. The molecule has 0 amide bonds. The molecular formula is C12H23NO. The summed E-state index contributed by atoms with van der Waals surface area (Å²) in [5, 5.41) is 3.76. The van der Waals surface area contributed by atoms with E-state index < -0.39 is 0 Å². The van der Waals surface area contributed by atoms with Crippen molar-refractivity contribution in [2.45, 2.75) is 51.0 Å². The second-order valence-corrected chi connectivity index (χ2v) is 4.85. The van der Waals surface area contributed by atoms with E-state index in [1.165, 1.54) is 45.1 Å². The molecule has 82 valence electrons. The Bertz CT molecular complexity index is 169. The van der Waals surface area contributed by atoms with E-state index in [4.69, 9.17) is 4.74 Å². The second-order valence-electron chi connectivity index (χ2n) is 4.85. The van der Waals surface area contributed by atoms with Crippen LogP contribution in [-0.2, 0) is 4.74 Å². The van der Waals surface area contributed by atoms with Crippen LogP contribution in [-0.4, -0.2) is 25.3 Å². The lowest BCUT2D eigenvalue weighted by molar-refractivity contribution is 0.0124. The van der Waals surface area contributed by atoms with Crippen molar-refractivity contribution in [2.75, 3.05) is 19.8 Å². The molecule has 0 aromatic heterocycles. The maximum absolute atomic E-state index is 5.63. The molecule has 0 aliphatic carbocycles. The number of hydrogen-bond acceptors (Lipinski definition) is 2. The standard InChI is InChI=1S/C12H23NO/c1-2-6-12(7-4-8-13-12)11-5-3-9-14-10-11/h11,13H,2-10H2,1H3. The molecule has 2 rings (SSSR count). The summed E-state index contributed by atoms with van der Waals surface area (Å²) in [7, 11) is 0. The van der Waals surface area contributed by atoms with Gasteiger partial charge in [0.15, 0.2) is 0 Å². The molecule has 0 radical (unpaired) electrons. The van der Waals surface area contributed by atoms with E-state index in [1.54, 1.807) is 0 Å². The van der Waals surface area contributed by atoms with Gasteiger partial charge in [-0.2, -0.15) is 0 Å². The molecule has 14 heavy (non-hydrogen) atoms. The SMILES string of the molecule is CCCC1(C2CCCOC2)CCCN1. The Hall–Kier alpha value is -0.0800. The lowest BCUT2D eigenvalue weighted by Crippen LogP contribution is -2.49. The Morgan fingerprint density at radius 2 is 2.36 bits per heavy atom. The largest absolute Gasteiger partial charge is 0.381 e. The molecule has 2 heteroatoms. The molecule has 2 heterocycles. The summed E-state index contributed by atoms with van der Waals surface area (Å²) in [4.78, 5) is 0. The summed E-state index contributed by atoms with van der Waals surface area (Å²) in [5.41, 5.74) is 0.440. The van der Waals surface area contributed by atoms with Crippen molar-refractivity contribution in [3.8, 4) is 0 Å². The van der Waals surface area contributed by atoms with Crippen molar-refractivity contribution in [3.05, 3.63) is 0 Å². The number of ether oxygens (including phenoxy) is 1. The third-order valence-electron chi connectivity index (χ3n) is 3.91. The zero-order valence-corrected chi connectivity index (χ0v) is 9.35. The Morgan fingerprint density at radius 3 is 2.93 bits per heavy atom. The summed E-state index contributed by atoms with van der Waals surface area (Å²) in [6.07, 6.45) is 7.99. The van der Waals surface area contributed by atoms with Crippen LogP contribution in [0.1, 0.15) is 45.4 Å². The third-order valence-corrected chi connectivity index (χ3v) is 3.91. The number of nitrogens with one attached hydrogen (secondary N) is 1. The van der Waals surface area contributed by atoms with Crippen molar-refractivity contribution in [1.82, 2.24) is 5.32 Å². The molecule has 0 aromatic carbocycles. The second kappa shape index (κ2) is 4.63. The van der Waals surface area contributed by atoms with E-state index in [1.807, 2.05) is 0 Å². The maximum atomic E-state index is 5.63. The van der Waals surface area contributed by atoms with Crippen molar-refractivity contribution in [1.29, 1.82) is 0 Å². The first-order valence-corrected chi connectivity index (χ1v) is 6.20. The van der Waals surface area contributed by atoms with Gasteiger partial charge in [-0.3, -0.25) is 0 Å². The Balaban J connectivity index is 2.00. The van der Waals surface area contributed by atoms with E-state index in [2.05, 4.69) is 12.2 Å². The highest BCUT2D eigenvalue weighted by atomic mass is 16.5. The molecule has 0 aromatic rings. The van der Waals surface area contributed by atoms with E-state index in [9.17, 15) is 0 Å². The van der Waals surface area contributed by atoms with Crippen LogP contribution in [0.2, 0.25) is 0 Å². The third kappa shape index (κ3) is 1.96. The van der Waals surface area contributed by atoms with E-state index in [0.717, 1.165) is 19.1 Å². The minimum Gasteiger partial charge on any atom is -0.381 e. The first-order chi connectivity index (χ1) is 6.87. The van der Waals surface area contributed by atoms with Gasteiger partial charge in [0.25, 0.3) is 0 Å². The van der Waals surface area contributed by atoms with Gasteiger partial charge in [0, 0.05) is 18.1 Å². The normalized spacial score (nSPS) is 38.8. The highest BCUT2D eigenvalue weighted by molar-refractivity contribution is 4.98. The fraction of sp³-hybridized carbons (Fsp3) is 1.00. The van der Waals surface area contributed by atoms with E-state index in [-0.39, 0.29) is 0 Å². The molecular weight excluding hydrogens is 174 g/mol. The highest BCUT2D eigenvalue weighted by Gasteiger charge is 2.40. The summed E-state index contributed by atoms with van der Waals surface area (Å²) >= 11 is 0. The van der Waals surface area contributed by atoms with Crippen LogP contribution in [0.3, 0.4) is 0 Å². The van der Waals surface area contributed by atoms with Crippen molar-refractivity contribution < 1.29 is 4.74 Å². The van der Waals surface area contributed by atoms with Gasteiger partial charge in [-0.15, -0.1) is 0 Å². The topological polar surface area (TPSA) is 21.3 Å². The Morgan fingerprint density at radius 1 is 1.43 bits per heavy atom. The van der Waals surface area contributed by atoms with Gasteiger partial charge in [0.05, 0.1) is 6.61 Å². The number of hydrogen-bond donors (Lipinski definition) is 1. The van der Waals surface area contributed by atoms with Gasteiger partial charge in [-0.1, -0.05) is 13.3 Å². The summed E-state index contributed by atoms with van der Waals surface area (Å²) in [5.74, 6) is 0.777. The van der Waals surface area contributed by atoms with E-state index in [0.29, 0.717) is 5.54 Å². The molecule has 2 nitrogen and oxygen atoms in total. The van der Waals surface area contributed by atoms with Crippen LogP contribution in [0.15, 0.2) is 0 Å². The molecule has 2 atom stereocenters. The molecule has 2 aliphatic rings. The average molecular weight is 197 g/mol. The monoisotopic (exact) mass is 197 g/mol. The lowest BCUT2D eigenvalue weighted by Gasteiger charge is -2.40. The fourth-order valence-electron chi connectivity index (χ4n) is 3.22. The van der Waals surface area contributed by atoms with Crippen LogP contribution in [0.25, 0.3) is 0 Å². The van der Waals surface area contributed by atoms with Crippen molar-refractivity contribution >= 4 is 0 Å². The van der Waals surface area contributed by atoms with E-state index >= 15 is 0 Å². The van der Waals surface area contributed by atoms with Crippen LogP contribution >= 0.6 is 0 Å². The smallest absolute Gasteiger partial charge is 0.0511 e. The lowest BCUT2D eigenvalue weighted by atomic mass is 9.76. The van der Waals surface area contributed by atoms with Gasteiger partial charge < -0.3 is 10.1 Å². The predicted molar refractivity (Wildman–Crippen MR) is 58.4 cm³/mol. The summed E-state index contributed by atoms with van der Waals surface area (Å²) in [6.45, 7) is 5.49. The first-order valence-electron chi connectivity index (χ1n) is 6.20. The van der Waals surface area contributed by atoms with Gasteiger partial charge in [-0.05, 0) is 38.6 Å². The predicted octanol–water partition coefficient (Wildman–Crippen LogP) is 2.34. The molecule has 0 spiro atoms. The molecule has 0 bridgehead atoms. The molecule has 2 saturated heterocycles. The Labute approximate surface area is 87.4 Å². The van der Waals surface area contributed by atoms with Gasteiger partial charge in [-0.25, -0.2) is 0 Å². The molecule has 2 fully saturated rings. The summed E-state index contributed by atoms with van der Waals surface area (Å²) < 4.78 is 5.63. The molecule has 1 N–H and O–H groups in total. The van der Waals surface area contributed by atoms with Crippen LogP contribution in [0, 0.1) is 5.92 Å². The average Bonchev–Trinajstić information content (AvgIpc) is 2.70. The highest BCUT2D eigenvalue weighted by Crippen LogP contribution is 2.36. The van der Waals surface area contributed by atoms with Crippen molar-refractivity contribution in [3.63, 3.8) is 0 Å². The first kappa shape index (κ1) is 10.4. The quantitative estimate of drug-likeness (QED) is 0.750. The minimum absolute atomic E-state index is 0.440. The molecule has 2 unspecified atom stereocenters. The fourth-order valence-corrected chi connectivity index (χ4v) is 3.22. The van der Waals surface area contributed by atoms with Crippen LogP contribution < -0.4 is 5.32 Å². The maximum Gasteiger partial charge on any atom is 0.0511 e. The van der Waals surface area contributed by atoms with Gasteiger partial charge >= 0.3 is 0 Å².